The lowest BCUT2D eigenvalue weighted by Crippen LogP contribution is -2.61. The third kappa shape index (κ3) is 38.5. The van der Waals surface area contributed by atoms with Crippen LogP contribution in [0.3, 0.4) is 0 Å². The van der Waals surface area contributed by atoms with Gasteiger partial charge in [-0.1, -0.05) is 214 Å². The number of ether oxygens (including phenoxy) is 6. The van der Waals surface area contributed by atoms with Crippen LogP contribution in [0.2, 0.25) is 0 Å². The molecule has 2 saturated heterocycles. The van der Waals surface area contributed by atoms with Crippen molar-refractivity contribution in [1.29, 1.82) is 0 Å². The van der Waals surface area contributed by atoms with E-state index in [9.17, 15) is 40.5 Å². The number of carbonyl (C=O) groups is 1. The topological polar surface area (TPSA) is 214 Å². The van der Waals surface area contributed by atoms with Gasteiger partial charge in [-0.25, -0.2) is 0 Å². The van der Waals surface area contributed by atoms with Gasteiger partial charge in [0.25, 0.3) is 0 Å². The predicted octanol–water partition coefficient (Wildman–Crippen LogP) is 12.5. The number of aliphatic hydroxyl groups is 7. The lowest BCUT2D eigenvalue weighted by atomic mass is 9.98. The molecule has 0 aromatic carbocycles. The van der Waals surface area contributed by atoms with Gasteiger partial charge in [0.15, 0.2) is 12.6 Å². The number of carbonyl (C=O) groups excluding carboxylic acids is 1. The molecule has 2 heterocycles. The van der Waals surface area contributed by atoms with E-state index in [2.05, 4.69) is 111 Å². The normalized spacial score (nSPS) is 24.4. The molecule has 2 rings (SSSR count). The second kappa shape index (κ2) is 52.5. The van der Waals surface area contributed by atoms with Crippen molar-refractivity contribution in [1.82, 2.24) is 0 Å². The van der Waals surface area contributed by atoms with Gasteiger partial charge in [0, 0.05) is 13.0 Å². The molecule has 2 aliphatic rings. The van der Waals surface area contributed by atoms with Gasteiger partial charge in [0.1, 0.15) is 54.9 Å². The highest BCUT2D eigenvalue weighted by Gasteiger charge is 2.47. The Labute approximate surface area is 490 Å². The van der Waals surface area contributed by atoms with E-state index >= 15 is 0 Å². The van der Waals surface area contributed by atoms with Crippen molar-refractivity contribution in [2.75, 3.05) is 33.0 Å². The van der Waals surface area contributed by atoms with Crippen molar-refractivity contribution in [2.45, 2.75) is 287 Å². The van der Waals surface area contributed by atoms with Crippen LogP contribution in [-0.4, -0.2) is 142 Å². The summed E-state index contributed by atoms with van der Waals surface area (Å²) in [5.41, 5.74) is 0. The lowest BCUT2D eigenvalue weighted by molar-refractivity contribution is -0.332. The summed E-state index contributed by atoms with van der Waals surface area (Å²) in [6.07, 6.45) is 54.6. The summed E-state index contributed by atoms with van der Waals surface area (Å²) < 4.78 is 34.5. The summed E-state index contributed by atoms with van der Waals surface area (Å²) in [4.78, 5) is 13.1. The Hall–Kier alpha value is -3.09. The highest BCUT2D eigenvalue weighted by Crippen LogP contribution is 2.27. The summed E-state index contributed by atoms with van der Waals surface area (Å²) in [5.74, 6) is -0.388. The van der Waals surface area contributed by atoms with Crippen LogP contribution in [0.5, 0.6) is 0 Å². The fourth-order valence-corrected chi connectivity index (χ4v) is 9.50. The molecule has 0 saturated carbocycles. The average molecular weight is 1140 g/mol. The van der Waals surface area contributed by atoms with E-state index < -0.39 is 80.7 Å². The maximum atomic E-state index is 13.1. The number of rotatable bonds is 51. The molecule has 0 radical (unpaired) electrons. The Balaban J connectivity index is 1.70. The minimum absolute atomic E-state index is 0.0420. The molecule has 81 heavy (non-hydrogen) atoms. The van der Waals surface area contributed by atoms with Crippen LogP contribution in [0.4, 0.5) is 0 Å². The molecule has 466 valence electrons. The number of hydrogen-bond acceptors (Lipinski definition) is 14. The van der Waals surface area contributed by atoms with Gasteiger partial charge >= 0.3 is 5.97 Å². The standard InChI is InChI=1S/C67H114O14/c1-3-5-7-9-11-13-15-17-19-21-23-25-27-29-31-33-35-37-39-41-43-45-47-49-51-76-53-56(54-77-66-65(75)63(73)61(71)58(81-66)55-78-67-64(74)62(72)60(70)57(52-68)80-67)79-59(69)50-48-46-44-42-40-38-36-34-32-30-28-26-24-22-20-18-16-14-12-10-8-6-4-2/h5,7,11,13,16-19,22-25,29,31,35,37,56-58,60-68,70-75H,3-4,6,8-10,12,14-15,20-21,26-28,30,32-34,36,38-55H2,1-2H3/b7-5-,13-11-,18-16-,19-17-,24-22-,25-23-,31-29-,37-35-. The van der Waals surface area contributed by atoms with Crippen molar-refractivity contribution in [3.8, 4) is 0 Å². The van der Waals surface area contributed by atoms with E-state index in [4.69, 9.17) is 28.4 Å². The summed E-state index contributed by atoms with van der Waals surface area (Å²) in [5, 5.41) is 72.5. The molecular weight excluding hydrogens is 1030 g/mol. The molecule has 2 aliphatic heterocycles. The van der Waals surface area contributed by atoms with Gasteiger partial charge in [-0.05, 0) is 96.3 Å². The van der Waals surface area contributed by atoms with E-state index in [0.29, 0.717) is 13.0 Å². The zero-order valence-electron chi connectivity index (χ0n) is 50.2. The molecule has 0 spiro atoms. The van der Waals surface area contributed by atoms with Crippen LogP contribution in [0.1, 0.15) is 219 Å². The Morgan fingerprint density at radius 2 is 0.802 bits per heavy atom. The molecule has 0 aromatic rings. The van der Waals surface area contributed by atoms with E-state index in [1.165, 1.54) is 89.9 Å². The van der Waals surface area contributed by atoms with Gasteiger partial charge in [-0.3, -0.25) is 4.79 Å². The summed E-state index contributed by atoms with van der Waals surface area (Å²) in [6.45, 7) is 3.52. The van der Waals surface area contributed by atoms with E-state index in [1.807, 2.05) is 0 Å². The first-order valence-electron chi connectivity index (χ1n) is 31.8. The minimum atomic E-state index is -1.72. The minimum Gasteiger partial charge on any atom is -0.457 e. The van der Waals surface area contributed by atoms with Crippen molar-refractivity contribution in [3.05, 3.63) is 97.2 Å². The fourth-order valence-electron chi connectivity index (χ4n) is 9.50. The second-order valence-corrected chi connectivity index (χ2v) is 21.8. The third-order valence-corrected chi connectivity index (χ3v) is 14.6. The maximum Gasteiger partial charge on any atom is 0.306 e. The zero-order chi connectivity index (χ0) is 58.6. The van der Waals surface area contributed by atoms with Crippen molar-refractivity contribution in [3.63, 3.8) is 0 Å². The van der Waals surface area contributed by atoms with E-state index in [1.54, 1.807) is 0 Å². The molecule has 0 aromatic heterocycles. The number of esters is 1. The number of aliphatic hydroxyl groups excluding tert-OH is 7. The largest absolute Gasteiger partial charge is 0.457 e. The summed E-state index contributed by atoms with van der Waals surface area (Å²) in [7, 11) is 0. The first-order chi connectivity index (χ1) is 39.6. The van der Waals surface area contributed by atoms with Crippen LogP contribution in [-0.2, 0) is 33.2 Å². The van der Waals surface area contributed by atoms with Crippen LogP contribution < -0.4 is 0 Å². The number of unbranched alkanes of at least 4 members (excludes halogenated alkanes) is 21. The average Bonchev–Trinajstić information content (AvgIpc) is 3.46. The molecule has 0 amide bonds. The molecule has 0 aliphatic carbocycles. The first-order valence-corrected chi connectivity index (χ1v) is 31.8. The van der Waals surface area contributed by atoms with Crippen molar-refractivity contribution in [2.24, 2.45) is 0 Å². The van der Waals surface area contributed by atoms with Crippen LogP contribution >= 0.6 is 0 Å². The molecular formula is C67H114O14. The number of allylic oxidation sites excluding steroid dienone is 16. The van der Waals surface area contributed by atoms with Gasteiger partial charge in [0.05, 0.1) is 26.4 Å². The maximum absolute atomic E-state index is 13.1. The molecule has 0 bridgehead atoms. The van der Waals surface area contributed by atoms with Crippen LogP contribution in [0.25, 0.3) is 0 Å². The Morgan fingerprint density at radius 3 is 1.26 bits per heavy atom. The third-order valence-electron chi connectivity index (χ3n) is 14.6. The fraction of sp³-hybridized carbons (Fsp3) is 0.746. The molecule has 14 heteroatoms. The Kier molecular flexibility index (Phi) is 47.9. The van der Waals surface area contributed by atoms with E-state index in [-0.39, 0.29) is 25.6 Å². The van der Waals surface area contributed by atoms with Crippen LogP contribution in [0, 0.1) is 0 Å². The second-order valence-electron chi connectivity index (χ2n) is 21.8. The summed E-state index contributed by atoms with van der Waals surface area (Å²) in [6, 6.07) is 0. The molecule has 2 fully saturated rings. The van der Waals surface area contributed by atoms with Gasteiger partial charge < -0.3 is 64.2 Å². The SMILES string of the molecule is CC/C=C\C/C=C\C/C=C\C/C=C\C/C=C\C/C=C\CCCCCCCOCC(COC1OC(COC2OC(CO)C(O)C(O)C2O)C(O)C(O)C1O)OC(=O)CCCCCCCCCCCCC/C=C\C/C=C\CCCCCCC. The van der Waals surface area contributed by atoms with Gasteiger partial charge in [0.2, 0.25) is 0 Å². The van der Waals surface area contributed by atoms with Crippen molar-refractivity contribution < 1.29 is 69.0 Å². The molecule has 14 nitrogen and oxygen atoms in total. The number of hydrogen-bond donors (Lipinski definition) is 7. The van der Waals surface area contributed by atoms with E-state index in [0.717, 1.165) is 103 Å². The first kappa shape index (κ1) is 74.0. The molecule has 11 atom stereocenters. The Morgan fingerprint density at radius 1 is 0.420 bits per heavy atom. The molecule has 11 unspecified atom stereocenters. The highest BCUT2D eigenvalue weighted by atomic mass is 16.7. The molecule has 7 N–H and O–H groups in total. The highest BCUT2D eigenvalue weighted by molar-refractivity contribution is 5.69. The van der Waals surface area contributed by atoms with Crippen LogP contribution in [0.15, 0.2) is 97.2 Å². The quantitative estimate of drug-likeness (QED) is 0.0172. The van der Waals surface area contributed by atoms with Gasteiger partial charge in [-0.2, -0.15) is 0 Å². The summed E-state index contributed by atoms with van der Waals surface area (Å²) >= 11 is 0. The monoisotopic (exact) mass is 1140 g/mol. The zero-order valence-corrected chi connectivity index (χ0v) is 50.2. The Bertz CT molecular complexity index is 1710. The van der Waals surface area contributed by atoms with Gasteiger partial charge in [-0.15, -0.1) is 0 Å². The smallest absolute Gasteiger partial charge is 0.306 e. The predicted molar refractivity (Wildman–Crippen MR) is 325 cm³/mol. The lowest BCUT2D eigenvalue weighted by Gasteiger charge is -2.42. The van der Waals surface area contributed by atoms with Crippen molar-refractivity contribution >= 4 is 5.97 Å².